The minimum atomic E-state index is -0.448. The first-order valence-corrected chi connectivity index (χ1v) is 10.2. The number of likely N-dealkylation sites (tertiary alicyclic amines) is 1. The highest BCUT2D eigenvalue weighted by molar-refractivity contribution is 6.35. The van der Waals surface area contributed by atoms with Gasteiger partial charge in [-0.05, 0) is 44.0 Å². The third-order valence-corrected chi connectivity index (χ3v) is 5.59. The van der Waals surface area contributed by atoms with Crippen molar-refractivity contribution in [3.63, 3.8) is 0 Å². The first kappa shape index (κ1) is 20.4. The number of nitrogens with one attached hydrogen (secondary N) is 1. The van der Waals surface area contributed by atoms with Gasteiger partial charge in [-0.2, -0.15) is 0 Å². The molecule has 1 unspecified atom stereocenters. The molecule has 1 N–H and O–H groups in total. The summed E-state index contributed by atoms with van der Waals surface area (Å²) >= 11 is 12.1. The summed E-state index contributed by atoms with van der Waals surface area (Å²) in [4.78, 5) is 29.4. The van der Waals surface area contributed by atoms with E-state index in [1.165, 1.54) is 0 Å². The topological polar surface area (TPSA) is 61.9 Å². The zero-order valence-corrected chi connectivity index (χ0v) is 16.8. The highest BCUT2D eigenvalue weighted by atomic mass is 35.5. The van der Waals surface area contributed by atoms with Gasteiger partial charge in [-0.15, -0.1) is 0 Å². The van der Waals surface area contributed by atoms with Gasteiger partial charge in [-0.1, -0.05) is 23.2 Å². The molecule has 1 aromatic carbocycles. The Labute approximate surface area is 169 Å². The molecule has 2 fully saturated rings. The number of carbonyl (C=O) groups excluding carboxylic acids is 2. The Morgan fingerprint density at radius 2 is 1.96 bits per heavy atom. The molecule has 0 saturated carbocycles. The first-order valence-electron chi connectivity index (χ1n) is 9.40. The second-order valence-electron chi connectivity index (χ2n) is 6.88. The number of halogens is 2. The number of morpholine rings is 1. The van der Waals surface area contributed by atoms with Crippen LogP contribution in [0.5, 0.6) is 0 Å². The van der Waals surface area contributed by atoms with Crippen LogP contribution in [-0.4, -0.2) is 73.6 Å². The summed E-state index contributed by atoms with van der Waals surface area (Å²) in [7, 11) is 0. The molecule has 2 heterocycles. The number of nitrogens with zero attached hydrogens (tertiary/aromatic N) is 2. The van der Waals surface area contributed by atoms with Gasteiger partial charge in [0.1, 0.15) is 6.04 Å². The zero-order chi connectivity index (χ0) is 19.2. The van der Waals surface area contributed by atoms with Crippen molar-refractivity contribution in [1.29, 1.82) is 0 Å². The fourth-order valence-electron chi connectivity index (χ4n) is 3.56. The van der Waals surface area contributed by atoms with E-state index in [9.17, 15) is 9.59 Å². The first-order chi connectivity index (χ1) is 13.1. The van der Waals surface area contributed by atoms with Crippen molar-refractivity contribution in [2.75, 3.05) is 45.9 Å². The van der Waals surface area contributed by atoms with Gasteiger partial charge in [-0.3, -0.25) is 14.5 Å². The van der Waals surface area contributed by atoms with Crippen molar-refractivity contribution in [2.45, 2.75) is 25.3 Å². The predicted octanol–water partition coefficient (Wildman–Crippen LogP) is 2.44. The number of rotatable bonds is 6. The molecule has 0 spiro atoms. The van der Waals surface area contributed by atoms with Crippen molar-refractivity contribution >= 4 is 35.0 Å². The van der Waals surface area contributed by atoms with Gasteiger partial charge in [0.05, 0.1) is 23.8 Å². The van der Waals surface area contributed by atoms with Crippen LogP contribution in [-0.2, 0) is 9.53 Å². The van der Waals surface area contributed by atoms with Crippen molar-refractivity contribution in [2.24, 2.45) is 0 Å². The van der Waals surface area contributed by atoms with Crippen LogP contribution >= 0.6 is 23.2 Å². The van der Waals surface area contributed by atoms with Gasteiger partial charge in [0.15, 0.2) is 0 Å². The van der Waals surface area contributed by atoms with Gasteiger partial charge >= 0.3 is 0 Å². The molecule has 0 radical (unpaired) electrons. The molecule has 0 aromatic heterocycles. The van der Waals surface area contributed by atoms with Crippen LogP contribution in [0.2, 0.25) is 10.0 Å². The van der Waals surface area contributed by atoms with E-state index in [4.69, 9.17) is 27.9 Å². The van der Waals surface area contributed by atoms with Gasteiger partial charge in [0, 0.05) is 31.2 Å². The SMILES string of the molecule is O=C(NCCCN1CCOCC1)C1CCCN1C(=O)c1cc(Cl)ccc1Cl. The Balaban J connectivity index is 1.51. The Kier molecular flexibility index (Phi) is 7.35. The van der Waals surface area contributed by atoms with Crippen LogP contribution in [0.3, 0.4) is 0 Å². The Bertz CT molecular complexity index is 680. The molecule has 27 heavy (non-hydrogen) atoms. The Morgan fingerprint density at radius 1 is 1.19 bits per heavy atom. The van der Waals surface area contributed by atoms with E-state index in [0.29, 0.717) is 35.1 Å². The minimum absolute atomic E-state index is 0.0963. The lowest BCUT2D eigenvalue weighted by molar-refractivity contribution is -0.124. The van der Waals surface area contributed by atoms with E-state index < -0.39 is 6.04 Å². The summed E-state index contributed by atoms with van der Waals surface area (Å²) in [6, 6.07) is 4.36. The maximum atomic E-state index is 12.9. The number of hydrogen-bond acceptors (Lipinski definition) is 4. The van der Waals surface area contributed by atoms with E-state index in [1.54, 1.807) is 23.1 Å². The molecule has 148 valence electrons. The second-order valence-corrected chi connectivity index (χ2v) is 7.72. The van der Waals surface area contributed by atoms with Gasteiger partial charge in [-0.25, -0.2) is 0 Å². The number of carbonyl (C=O) groups is 2. The molecule has 2 amide bonds. The van der Waals surface area contributed by atoms with Gasteiger partial charge in [0.2, 0.25) is 5.91 Å². The molecule has 6 nitrogen and oxygen atoms in total. The largest absolute Gasteiger partial charge is 0.379 e. The minimum Gasteiger partial charge on any atom is -0.379 e. The van der Waals surface area contributed by atoms with Gasteiger partial charge < -0.3 is 15.0 Å². The van der Waals surface area contributed by atoms with E-state index in [2.05, 4.69) is 10.2 Å². The zero-order valence-electron chi connectivity index (χ0n) is 15.3. The highest BCUT2D eigenvalue weighted by Crippen LogP contribution is 2.26. The van der Waals surface area contributed by atoms with Crippen molar-refractivity contribution in [3.8, 4) is 0 Å². The molecule has 2 aliphatic rings. The second kappa shape index (κ2) is 9.73. The lowest BCUT2D eigenvalue weighted by Crippen LogP contribution is -2.46. The van der Waals surface area contributed by atoms with Crippen molar-refractivity contribution < 1.29 is 14.3 Å². The number of benzene rings is 1. The third kappa shape index (κ3) is 5.35. The van der Waals surface area contributed by atoms with Crippen LogP contribution in [0.1, 0.15) is 29.6 Å². The number of hydrogen-bond donors (Lipinski definition) is 1. The average Bonchev–Trinajstić information content (AvgIpc) is 3.17. The maximum Gasteiger partial charge on any atom is 0.256 e. The van der Waals surface area contributed by atoms with E-state index in [-0.39, 0.29) is 11.8 Å². The predicted molar refractivity (Wildman–Crippen MR) is 105 cm³/mol. The summed E-state index contributed by atoms with van der Waals surface area (Å²) in [5, 5.41) is 3.77. The Hall–Kier alpha value is -1.34. The van der Waals surface area contributed by atoms with Crippen LogP contribution in [0.4, 0.5) is 0 Å². The molecule has 8 heteroatoms. The molecule has 3 rings (SSSR count). The molecule has 2 aliphatic heterocycles. The maximum absolute atomic E-state index is 12.9. The highest BCUT2D eigenvalue weighted by Gasteiger charge is 2.35. The quantitative estimate of drug-likeness (QED) is 0.727. The summed E-state index contributed by atoms with van der Waals surface area (Å²) in [5.41, 5.74) is 0.344. The molecule has 1 aromatic rings. The van der Waals surface area contributed by atoms with E-state index in [1.807, 2.05) is 0 Å². The van der Waals surface area contributed by atoms with Crippen LogP contribution in [0.25, 0.3) is 0 Å². The summed E-state index contributed by atoms with van der Waals surface area (Å²) in [5.74, 6) is -0.338. The Morgan fingerprint density at radius 3 is 2.74 bits per heavy atom. The molecular weight excluding hydrogens is 389 g/mol. The van der Waals surface area contributed by atoms with Gasteiger partial charge in [0.25, 0.3) is 5.91 Å². The van der Waals surface area contributed by atoms with E-state index >= 15 is 0 Å². The molecule has 1 atom stereocenters. The van der Waals surface area contributed by atoms with E-state index in [0.717, 1.165) is 45.7 Å². The molecular formula is C19H25Cl2N3O3. The van der Waals surface area contributed by atoms with Crippen LogP contribution < -0.4 is 5.32 Å². The lowest BCUT2D eigenvalue weighted by atomic mass is 10.1. The smallest absolute Gasteiger partial charge is 0.256 e. The molecule has 2 saturated heterocycles. The summed E-state index contributed by atoms with van der Waals surface area (Å²) < 4.78 is 5.33. The summed E-state index contributed by atoms with van der Waals surface area (Å²) in [6.07, 6.45) is 2.35. The van der Waals surface area contributed by atoms with Crippen molar-refractivity contribution in [3.05, 3.63) is 33.8 Å². The number of amides is 2. The molecule has 0 aliphatic carbocycles. The van der Waals surface area contributed by atoms with Crippen molar-refractivity contribution in [1.82, 2.24) is 15.1 Å². The standard InChI is InChI=1S/C19H25Cl2N3O3/c20-14-4-5-16(21)15(13-14)19(26)24-8-1-3-17(24)18(25)22-6-2-7-23-9-11-27-12-10-23/h4-5,13,17H,1-3,6-12H2,(H,22,25). The fraction of sp³-hybridized carbons (Fsp3) is 0.579. The normalized spacial score (nSPS) is 20.7. The fourth-order valence-corrected chi connectivity index (χ4v) is 3.93. The lowest BCUT2D eigenvalue weighted by Gasteiger charge is -2.27. The number of ether oxygens (including phenoxy) is 1. The third-order valence-electron chi connectivity index (χ3n) is 5.03. The molecule has 0 bridgehead atoms. The van der Waals surface area contributed by atoms with Crippen LogP contribution in [0, 0.1) is 0 Å². The van der Waals surface area contributed by atoms with Crippen LogP contribution in [0.15, 0.2) is 18.2 Å². The average molecular weight is 414 g/mol. The summed E-state index contributed by atoms with van der Waals surface area (Å²) in [6.45, 7) is 5.53. The monoisotopic (exact) mass is 413 g/mol.